The molecular formula is C31H31F4NO. The van der Waals surface area contributed by atoms with Gasteiger partial charge in [0.05, 0.1) is 0 Å². The van der Waals surface area contributed by atoms with Crippen LogP contribution in [0.1, 0.15) is 54.1 Å². The number of hydrogen-bond donors (Lipinski definition) is 0. The zero-order valence-corrected chi connectivity index (χ0v) is 21.0. The third-order valence-electron chi connectivity index (χ3n) is 6.56. The van der Waals surface area contributed by atoms with Gasteiger partial charge in [-0.05, 0) is 84.4 Å². The minimum absolute atomic E-state index is 0.249. The van der Waals surface area contributed by atoms with Crippen LogP contribution in [-0.4, -0.2) is 11.3 Å². The van der Waals surface area contributed by atoms with Gasteiger partial charge in [0.2, 0.25) is 0 Å². The Hall–Kier alpha value is -3.41. The molecule has 2 nitrogen and oxygen atoms in total. The van der Waals surface area contributed by atoms with Crippen LogP contribution in [0.3, 0.4) is 0 Å². The molecule has 0 aliphatic carbocycles. The van der Waals surface area contributed by atoms with E-state index in [4.69, 9.17) is 0 Å². The van der Waals surface area contributed by atoms with Gasteiger partial charge in [0.15, 0.2) is 0 Å². The van der Waals surface area contributed by atoms with Crippen molar-refractivity contribution in [2.75, 3.05) is 0 Å². The smallest absolute Gasteiger partial charge is 0.406 e. The van der Waals surface area contributed by atoms with Crippen molar-refractivity contribution in [1.29, 1.82) is 0 Å². The Morgan fingerprint density at radius 2 is 1.46 bits per heavy atom. The van der Waals surface area contributed by atoms with Gasteiger partial charge in [0.25, 0.3) is 0 Å². The molecule has 0 radical (unpaired) electrons. The SMILES string of the molecule is CCCCCc1ccc(CCc2ccc3c(F)c(CCc4ccc(OC(F)(F)F)cc4)ccc3c2)nc1. The second kappa shape index (κ2) is 12.2. The van der Waals surface area contributed by atoms with Gasteiger partial charge in [-0.3, -0.25) is 4.98 Å². The van der Waals surface area contributed by atoms with E-state index in [2.05, 4.69) is 28.8 Å². The summed E-state index contributed by atoms with van der Waals surface area (Å²) in [6.07, 6.45) is 4.60. The zero-order valence-electron chi connectivity index (χ0n) is 21.0. The first-order valence-corrected chi connectivity index (χ1v) is 12.8. The number of nitrogens with zero attached hydrogens (tertiary/aromatic N) is 1. The molecule has 0 aliphatic heterocycles. The highest BCUT2D eigenvalue weighted by atomic mass is 19.4. The summed E-state index contributed by atoms with van der Waals surface area (Å²) in [6, 6.07) is 19.5. The number of rotatable bonds is 11. The number of unbranched alkanes of at least 4 members (excludes halogenated alkanes) is 2. The van der Waals surface area contributed by atoms with Gasteiger partial charge in [0, 0.05) is 17.3 Å². The first-order chi connectivity index (χ1) is 17.8. The van der Waals surface area contributed by atoms with Crippen molar-refractivity contribution in [1.82, 2.24) is 4.98 Å². The second-order valence-electron chi connectivity index (χ2n) is 9.40. The lowest BCUT2D eigenvalue weighted by Crippen LogP contribution is -2.17. The minimum atomic E-state index is -4.72. The van der Waals surface area contributed by atoms with Crippen molar-refractivity contribution >= 4 is 10.8 Å². The van der Waals surface area contributed by atoms with Crippen LogP contribution in [0.2, 0.25) is 0 Å². The van der Waals surface area contributed by atoms with E-state index in [1.165, 1.54) is 37.0 Å². The van der Waals surface area contributed by atoms with Gasteiger partial charge >= 0.3 is 6.36 Å². The molecule has 4 rings (SSSR count). The second-order valence-corrected chi connectivity index (χ2v) is 9.40. The van der Waals surface area contributed by atoms with E-state index >= 15 is 4.39 Å². The fraction of sp³-hybridized carbons (Fsp3) is 0.323. The van der Waals surface area contributed by atoms with E-state index < -0.39 is 6.36 Å². The molecular weight excluding hydrogens is 478 g/mol. The van der Waals surface area contributed by atoms with Crippen molar-refractivity contribution in [3.63, 3.8) is 0 Å². The van der Waals surface area contributed by atoms with Crippen molar-refractivity contribution in [2.24, 2.45) is 0 Å². The van der Waals surface area contributed by atoms with Crippen molar-refractivity contribution in [2.45, 2.75) is 64.7 Å². The number of pyridine rings is 1. The van der Waals surface area contributed by atoms with Gasteiger partial charge in [-0.2, -0.15) is 0 Å². The lowest BCUT2D eigenvalue weighted by Gasteiger charge is -2.10. The van der Waals surface area contributed by atoms with Gasteiger partial charge < -0.3 is 4.74 Å². The first-order valence-electron chi connectivity index (χ1n) is 12.8. The van der Waals surface area contributed by atoms with Crippen molar-refractivity contribution < 1.29 is 22.3 Å². The number of benzene rings is 3. The summed E-state index contributed by atoms with van der Waals surface area (Å²) in [6.45, 7) is 2.20. The van der Waals surface area contributed by atoms with Crippen LogP contribution in [-0.2, 0) is 32.1 Å². The molecule has 0 saturated heterocycles. The Kier molecular flexibility index (Phi) is 8.80. The number of fused-ring (bicyclic) bond motifs is 1. The number of halogens is 4. The number of aromatic nitrogens is 1. The van der Waals surface area contributed by atoms with E-state index in [0.717, 1.165) is 41.5 Å². The number of ether oxygens (including phenoxy) is 1. The molecule has 0 bridgehead atoms. The van der Waals surface area contributed by atoms with E-state index in [-0.39, 0.29) is 11.6 Å². The average Bonchev–Trinajstić information content (AvgIpc) is 2.88. The van der Waals surface area contributed by atoms with E-state index in [1.807, 2.05) is 30.5 Å². The van der Waals surface area contributed by atoms with Crippen LogP contribution in [0.4, 0.5) is 17.6 Å². The van der Waals surface area contributed by atoms with Gasteiger partial charge in [0.1, 0.15) is 11.6 Å². The monoisotopic (exact) mass is 509 g/mol. The average molecular weight is 510 g/mol. The fourth-order valence-electron chi connectivity index (χ4n) is 4.47. The molecule has 0 spiro atoms. The molecule has 0 saturated carbocycles. The summed E-state index contributed by atoms with van der Waals surface area (Å²) in [5, 5.41) is 1.43. The van der Waals surface area contributed by atoms with Crippen LogP contribution in [0.15, 0.2) is 72.9 Å². The maximum atomic E-state index is 15.2. The van der Waals surface area contributed by atoms with Crippen molar-refractivity contribution in [3.8, 4) is 5.75 Å². The molecule has 0 unspecified atom stereocenters. The highest BCUT2D eigenvalue weighted by Gasteiger charge is 2.30. The molecule has 0 fully saturated rings. The third kappa shape index (κ3) is 7.78. The maximum absolute atomic E-state index is 15.2. The van der Waals surface area contributed by atoms with E-state index in [0.29, 0.717) is 23.8 Å². The Bertz CT molecular complexity index is 1300. The Labute approximate surface area is 215 Å². The molecule has 4 aromatic rings. The Morgan fingerprint density at radius 1 is 0.730 bits per heavy atom. The minimum Gasteiger partial charge on any atom is -0.406 e. The molecule has 6 heteroatoms. The van der Waals surface area contributed by atoms with Crippen LogP contribution in [0.25, 0.3) is 10.8 Å². The predicted molar refractivity (Wildman–Crippen MR) is 139 cm³/mol. The molecule has 37 heavy (non-hydrogen) atoms. The maximum Gasteiger partial charge on any atom is 0.573 e. The largest absolute Gasteiger partial charge is 0.573 e. The van der Waals surface area contributed by atoms with Gasteiger partial charge in [-0.25, -0.2) is 4.39 Å². The first kappa shape index (κ1) is 26.6. The summed E-state index contributed by atoms with van der Waals surface area (Å²) < 4.78 is 56.1. The van der Waals surface area contributed by atoms with Gasteiger partial charge in [-0.15, -0.1) is 13.2 Å². The molecule has 0 N–H and O–H groups in total. The van der Waals surface area contributed by atoms with Crippen LogP contribution in [0, 0.1) is 5.82 Å². The van der Waals surface area contributed by atoms with Crippen LogP contribution < -0.4 is 4.74 Å². The Balaban J connectivity index is 1.35. The Morgan fingerprint density at radius 3 is 2.16 bits per heavy atom. The molecule has 1 heterocycles. The topological polar surface area (TPSA) is 22.1 Å². The zero-order chi connectivity index (χ0) is 26.3. The highest BCUT2D eigenvalue weighted by Crippen LogP contribution is 2.26. The van der Waals surface area contributed by atoms with E-state index in [9.17, 15) is 13.2 Å². The highest BCUT2D eigenvalue weighted by molar-refractivity contribution is 5.84. The third-order valence-corrected chi connectivity index (χ3v) is 6.56. The van der Waals surface area contributed by atoms with E-state index in [1.54, 1.807) is 18.2 Å². The lowest BCUT2D eigenvalue weighted by molar-refractivity contribution is -0.274. The standard InChI is InChI=1S/C31H31F4NO/c1-2-3-4-5-24-8-16-27(36-21-24)15-7-23-11-19-29-26(20-23)14-13-25(30(29)32)12-6-22-9-17-28(18-10-22)37-31(33,34)35/h8-11,13-14,16-21H,2-7,12,15H2,1H3. The number of alkyl halides is 3. The molecule has 0 amide bonds. The summed E-state index contributed by atoms with van der Waals surface area (Å²) in [4.78, 5) is 4.61. The normalized spacial score (nSPS) is 11.7. The summed E-state index contributed by atoms with van der Waals surface area (Å²) in [5.74, 6) is -0.513. The molecule has 0 atom stereocenters. The lowest BCUT2D eigenvalue weighted by atomic mass is 9.98. The quantitative estimate of drug-likeness (QED) is 0.149. The van der Waals surface area contributed by atoms with Crippen molar-refractivity contribution in [3.05, 3.63) is 107 Å². The summed E-state index contributed by atoms with van der Waals surface area (Å²) in [5.41, 5.74) is 4.86. The van der Waals surface area contributed by atoms with Gasteiger partial charge in [-0.1, -0.05) is 68.3 Å². The molecule has 3 aromatic carbocycles. The summed E-state index contributed by atoms with van der Waals surface area (Å²) in [7, 11) is 0. The predicted octanol–water partition coefficient (Wildman–Crippen LogP) is 8.58. The molecule has 194 valence electrons. The summed E-state index contributed by atoms with van der Waals surface area (Å²) >= 11 is 0. The van der Waals surface area contributed by atoms with Crippen LogP contribution >= 0.6 is 0 Å². The fourth-order valence-corrected chi connectivity index (χ4v) is 4.47. The molecule has 0 aliphatic rings. The van der Waals surface area contributed by atoms with Crippen LogP contribution in [0.5, 0.6) is 5.75 Å². The number of hydrogen-bond acceptors (Lipinski definition) is 2. The molecule has 1 aromatic heterocycles. The number of aryl methyl sites for hydroxylation is 5.